The average Bonchev–Trinajstić information content (AvgIpc) is 3.52. The molecule has 0 spiro atoms. The molecule has 0 fully saturated rings. The van der Waals surface area contributed by atoms with Crippen molar-refractivity contribution in [3.8, 4) is 11.1 Å². The summed E-state index contributed by atoms with van der Waals surface area (Å²) in [5.41, 5.74) is 11.5. The van der Waals surface area contributed by atoms with Crippen molar-refractivity contribution >= 4 is 34.7 Å². The van der Waals surface area contributed by atoms with Crippen LogP contribution >= 0.6 is 24.8 Å². The van der Waals surface area contributed by atoms with E-state index in [0.717, 1.165) is 0 Å². The van der Waals surface area contributed by atoms with Crippen LogP contribution < -0.4 is 0 Å². The van der Waals surface area contributed by atoms with Crippen molar-refractivity contribution < 1.29 is 17.4 Å². The molecule has 0 bridgehead atoms. The molecule has 0 amide bonds. The van der Waals surface area contributed by atoms with E-state index in [9.17, 15) is 0 Å². The summed E-state index contributed by atoms with van der Waals surface area (Å²) >= 11 is -2.19. The maximum atomic E-state index is 2.52. The van der Waals surface area contributed by atoms with Crippen molar-refractivity contribution in [3.05, 3.63) is 173 Å². The van der Waals surface area contributed by atoms with Crippen LogP contribution in [0.1, 0.15) is 41.8 Å². The van der Waals surface area contributed by atoms with Crippen molar-refractivity contribution in [1.82, 2.24) is 0 Å². The standard InChI is InChI=1S/C13H9.C13H10.C9H7.2ClH.Ti/c1-3-7-12-10(5-1)9-11-6-2-4-8-13(11)12;1-3-7-12(8-4-1)11-13-9-5-2-6-10-13;1-2-5-9-7-3-6-8(9)4-1;;;/h1-9H;1-10H;1-7H;2*1H;. The van der Waals surface area contributed by atoms with Gasteiger partial charge in [-0.3, -0.25) is 0 Å². The maximum absolute atomic E-state index is 2.52. The van der Waals surface area contributed by atoms with Crippen molar-refractivity contribution in [2.45, 2.75) is 8.45 Å². The second-order valence-corrected chi connectivity index (χ2v) is 13.7. The Bertz CT molecular complexity index is 1550. The summed E-state index contributed by atoms with van der Waals surface area (Å²) in [5.74, 6) is 0. The summed E-state index contributed by atoms with van der Waals surface area (Å²) < 4.78 is 2.45. The van der Waals surface area contributed by atoms with Crippen LogP contribution in [0.3, 0.4) is 0 Å². The SMILES string of the molecule is C1=C[CH]([Ti](=[C](c2ccccc2)c2ccccc2)[CH]2c3ccccc3-c3ccccc32)c2ccccc21.Cl.Cl. The Morgan fingerprint density at radius 2 is 0.921 bits per heavy atom. The maximum Gasteiger partial charge on any atom is -0.147 e. The monoisotopic (exact) mass is 566 g/mol. The van der Waals surface area contributed by atoms with Gasteiger partial charge in [0.15, 0.2) is 0 Å². The number of fused-ring (bicyclic) bond motifs is 4. The predicted molar refractivity (Wildman–Crippen MR) is 163 cm³/mol. The summed E-state index contributed by atoms with van der Waals surface area (Å²) in [5, 5.41) is 0. The van der Waals surface area contributed by atoms with E-state index in [1.165, 1.54) is 44.5 Å². The van der Waals surface area contributed by atoms with Crippen molar-refractivity contribution in [3.63, 3.8) is 0 Å². The van der Waals surface area contributed by atoms with Gasteiger partial charge >= 0.3 is 220 Å². The molecule has 3 heteroatoms. The number of hydrogen-bond acceptors (Lipinski definition) is 0. The second-order valence-electron chi connectivity index (χ2n) is 9.64. The molecule has 0 radical (unpaired) electrons. The Morgan fingerprint density at radius 1 is 0.474 bits per heavy atom. The Morgan fingerprint density at radius 3 is 1.47 bits per heavy atom. The minimum absolute atomic E-state index is 0. The molecule has 0 saturated carbocycles. The van der Waals surface area contributed by atoms with Gasteiger partial charge in [0.1, 0.15) is 0 Å². The van der Waals surface area contributed by atoms with E-state index in [0.29, 0.717) is 8.45 Å². The molecular formula is C35H28Cl2Ti. The van der Waals surface area contributed by atoms with Gasteiger partial charge < -0.3 is 0 Å². The number of hydrogen-bond donors (Lipinski definition) is 0. The zero-order valence-corrected chi connectivity index (χ0v) is 24.0. The van der Waals surface area contributed by atoms with Gasteiger partial charge in [0.25, 0.3) is 0 Å². The fraction of sp³-hybridized carbons (Fsp3) is 0.0571. The molecular weight excluding hydrogens is 539 g/mol. The summed E-state index contributed by atoms with van der Waals surface area (Å²) in [6.45, 7) is 0. The zero-order valence-electron chi connectivity index (χ0n) is 20.8. The number of allylic oxidation sites excluding steroid dienone is 1. The first-order valence-electron chi connectivity index (χ1n) is 12.7. The van der Waals surface area contributed by atoms with E-state index in [4.69, 9.17) is 0 Å². The number of halogens is 2. The zero-order chi connectivity index (χ0) is 23.9. The minimum Gasteiger partial charge on any atom is -0.147 e. The molecule has 186 valence electrons. The molecule has 38 heavy (non-hydrogen) atoms. The summed E-state index contributed by atoms with van der Waals surface area (Å²) in [6, 6.07) is 49.7. The molecule has 5 aromatic carbocycles. The van der Waals surface area contributed by atoms with Crippen molar-refractivity contribution in [2.24, 2.45) is 0 Å². The third-order valence-corrected chi connectivity index (χ3v) is 13.3. The van der Waals surface area contributed by atoms with Crippen LogP contribution in [0.5, 0.6) is 0 Å². The Balaban J connectivity index is 0.00000147. The van der Waals surface area contributed by atoms with Gasteiger partial charge in [-0.15, -0.1) is 24.8 Å². The van der Waals surface area contributed by atoms with Gasteiger partial charge in [0.2, 0.25) is 0 Å². The first-order chi connectivity index (χ1) is 17.9. The molecule has 7 rings (SSSR count). The number of benzene rings is 5. The minimum atomic E-state index is -2.19. The van der Waals surface area contributed by atoms with Crippen LogP contribution in [0.2, 0.25) is 0 Å². The van der Waals surface area contributed by atoms with Crippen LogP contribution in [0, 0.1) is 0 Å². The molecule has 1 unspecified atom stereocenters. The quantitative estimate of drug-likeness (QED) is 0.190. The van der Waals surface area contributed by atoms with Crippen molar-refractivity contribution in [1.29, 1.82) is 0 Å². The van der Waals surface area contributed by atoms with Crippen LogP contribution in [0.4, 0.5) is 0 Å². The fourth-order valence-electron chi connectivity index (χ4n) is 6.20. The topological polar surface area (TPSA) is 0 Å². The molecule has 0 aromatic heterocycles. The largest absolute Gasteiger partial charge is 0.147 e. The molecule has 0 nitrogen and oxygen atoms in total. The van der Waals surface area contributed by atoms with E-state index < -0.39 is 17.4 Å². The van der Waals surface area contributed by atoms with Gasteiger partial charge in [-0.2, -0.15) is 0 Å². The second kappa shape index (κ2) is 11.4. The normalized spacial score (nSPS) is 14.5. The van der Waals surface area contributed by atoms with Crippen LogP contribution in [0.25, 0.3) is 17.2 Å². The Hall–Kier alpha value is -3.00. The molecule has 1 atom stereocenters. The van der Waals surface area contributed by atoms with E-state index >= 15 is 0 Å². The van der Waals surface area contributed by atoms with Crippen LogP contribution in [0.15, 0.2) is 140 Å². The average molecular weight is 567 g/mol. The molecule has 2 aliphatic rings. The van der Waals surface area contributed by atoms with Gasteiger partial charge in [-0.05, 0) is 0 Å². The van der Waals surface area contributed by atoms with Crippen molar-refractivity contribution in [2.75, 3.05) is 0 Å². The van der Waals surface area contributed by atoms with E-state index in [1.807, 2.05) is 0 Å². The smallest absolute Gasteiger partial charge is 0.147 e. The molecule has 0 aliphatic heterocycles. The van der Waals surface area contributed by atoms with Gasteiger partial charge in [-0.25, -0.2) is 0 Å². The summed E-state index contributed by atoms with van der Waals surface area (Å²) in [7, 11) is 0. The molecule has 5 aromatic rings. The van der Waals surface area contributed by atoms with Gasteiger partial charge in [-0.1, -0.05) is 0 Å². The first kappa shape index (κ1) is 26.6. The Labute approximate surface area is 243 Å². The van der Waals surface area contributed by atoms with E-state index in [-0.39, 0.29) is 24.8 Å². The molecule has 2 aliphatic carbocycles. The Kier molecular flexibility index (Phi) is 7.98. The molecule has 0 N–H and O–H groups in total. The van der Waals surface area contributed by atoms with Gasteiger partial charge in [0, 0.05) is 0 Å². The van der Waals surface area contributed by atoms with Crippen LogP contribution in [-0.4, -0.2) is 3.81 Å². The summed E-state index contributed by atoms with van der Waals surface area (Å²) in [4.78, 5) is 0. The third-order valence-electron chi connectivity index (χ3n) is 7.69. The van der Waals surface area contributed by atoms with E-state index in [2.05, 4.69) is 146 Å². The van der Waals surface area contributed by atoms with E-state index in [1.54, 1.807) is 3.81 Å². The first-order valence-corrected chi connectivity index (χ1v) is 15.3. The predicted octanol–water partition coefficient (Wildman–Crippen LogP) is 9.26. The number of rotatable bonds is 4. The van der Waals surface area contributed by atoms with Crippen LogP contribution in [-0.2, 0) is 17.4 Å². The third kappa shape index (κ3) is 4.47. The fourth-order valence-corrected chi connectivity index (χ4v) is 12.5. The summed E-state index contributed by atoms with van der Waals surface area (Å²) in [6.07, 6.45) is 4.89. The molecule has 0 saturated heterocycles. The van der Waals surface area contributed by atoms with Gasteiger partial charge in [0.05, 0.1) is 0 Å². The molecule has 0 heterocycles.